The van der Waals surface area contributed by atoms with Gasteiger partial charge in [0.15, 0.2) is 0 Å². The minimum atomic E-state index is -4.48. The molecule has 4 rings (SSSR count). The highest BCUT2D eigenvalue weighted by Gasteiger charge is 2.30. The Morgan fingerprint density at radius 3 is 2.71 bits per heavy atom. The fourth-order valence-electron chi connectivity index (χ4n) is 3.30. The summed E-state index contributed by atoms with van der Waals surface area (Å²) in [6.07, 6.45) is -0.109. The number of nitrogens with zero attached hydrogens (tertiary/aromatic N) is 2. The van der Waals surface area contributed by atoms with Gasteiger partial charge >= 0.3 is 6.18 Å². The van der Waals surface area contributed by atoms with Crippen LogP contribution in [0.4, 0.5) is 24.7 Å². The van der Waals surface area contributed by atoms with Gasteiger partial charge in [-0.3, -0.25) is 4.79 Å². The van der Waals surface area contributed by atoms with Crippen LogP contribution in [0.2, 0.25) is 0 Å². The largest absolute Gasteiger partial charge is 0.439 e. The Hall–Kier alpha value is -3.88. The molecule has 6 nitrogen and oxygen atoms in total. The van der Waals surface area contributed by atoms with E-state index < -0.39 is 17.6 Å². The number of aromatic nitrogens is 2. The van der Waals surface area contributed by atoms with Gasteiger partial charge in [0.1, 0.15) is 17.9 Å². The zero-order chi connectivity index (χ0) is 22.0. The van der Waals surface area contributed by atoms with E-state index >= 15 is 0 Å². The first-order chi connectivity index (χ1) is 14.8. The van der Waals surface area contributed by atoms with E-state index in [1.54, 1.807) is 24.3 Å². The van der Waals surface area contributed by atoms with E-state index in [0.29, 0.717) is 35.6 Å². The SMILES string of the molecule is Nc1cc(Oc2ccc3c(c2)CCC=C3C(=O)Nc2cccc(C(F)(F)F)c2)ncn1. The van der Waals surface area contributed by atoms with Crippen LogP contribution < -0.4 is 15.8 Å². The lowest BCUT2D eigenvalue weighted by Crippen LogP contribution is -2.17. The quantitative estimate of drug-likeness (QED) is 0.623. The number of anilines is 2. The molecule has 0 bridgehead atoms. The number of benzene rings is 2. The van der Waals surface area contributed by atoms with Crippen LogP contribution >= 0.6 is 0 Å². The second-order valence-corrected chi connectivity index (χ2v) is 6.89. The van der Waals surface area contributed by atoms with Crippen molar-refractivity contribution in [3.8, 4) is 11.6 Å². The molecule has 0 fully saturated rings. The Labute approximate surface area is 175 Å². The normalized spacial score (nSPS) is 13.2. The van der Waals surface area contributed by atoms with E-state index in [2.05, 4.69) is 15.3 Å². The molecule has 0 aliphatic heterocycles. The first-order valence-electron chi connectivity index (χ1n) is 9.37. The third kappa shape index (κ3) is 4.66. The predicted octanol–water partition coefficient (Wildman–Crippen LogP) is 4.84. The second kappa shape index (κ2) is 8.10. The van der Waals surface area contributed by atoms with Crippen molar-refractivity contribution in [3.05, 3.63) is 77.6 Å². The number of hydrogen-bond acceptors (Lipinski definition) is 5. The maximum absolute atomic E-state index is 12.9. The topological polar surface area (TPSA) is 90.1 Å². The molecule has 31 heavy (non-hydrogen) atoms. The van der Waals surface area contributed by atoms with Crippen molar-refractivity contribution >= 4 is 23.0 Å². The number of nitrogens with one attached hydrogen (secondary N) is 1. The van der Waals surface area contributed by atoms with E-state index in [1.807, 2.05) is 0 Å². The third-order valence-electron chi connectivity index (χ3n) is 4.71. The molecule has 1 heterocycles. The number of rotatable bonds is 4. The van der Waals surface area contributed by atoms with Crippen molar-refractivity contribution in [2.24, 2.45) is 0 Å². The monoisotopic (exact) mass is 426 g/mol. The van der Waals surface area contributed by atoms with Gasteiger partial charge in [-0.05, 0) is 54.3 Å². The highest BCUT2D eigenvalue weighted by atomic mass is 19.4. The number of aryl methyl sites for hydroxylation is 1. The molecule has 158 valence electrons. The number of nitrogens with two attached hydrogens (primary N) is 1. The van der Waals surface area contributed by atoms with E-state index in [-0.39, 0.29) is 11.5 Å². The summed E-state index contributed by atoms with van der Waals surface area (Å²) < 4.78 is 44.5. The molecule has 0 spiro atoms. The molecule has 9 heteroatoms. The number of carbonyl (C=O) groups is 1. The van der Waals surface area contributed by atoms with Gasteiger partial charge in [0.25, 0.3) is 5.91 Å². The third-order valence-corrected chi connectivity index (χ3v) is 4.71. The molecule has 1 aliphatic carbocycles. The molecule has 2 aromatic carbocycles. The van der Waals surface area contributed by atoms with Crippen LogP contribution in [0.1, 0.15) is 23.1 Å². The predicted molar refractivity (Wildman–Crippen MR) is 109 cm³/mol. The number of fused-ring (bicyclic) bond motifs is 1. The smallest absolute Gasteiger partial charge is 0.416 e. The summed E-state index contributed by atoms with van der Waals surface area (Å²) in [5.41, 5.74) is 6.86. The Morgan fingerprint density at radius 1 is 1.10 bits per heavy atom. The van der Waals surface area contributed by atoms with Gasteiger partial charge in [-0.1, -0.05) is 18.2 Å². The molecule has 0 saturated heterocycles. The Morgan fingerprint density at radius 2 is 1.94 bits per heavy atom. The minimum Gasteiger partial charge on any atom is -0.439 e. The molecular formula is C22H17F3N4O2. The van der Waals surface area contributed by atoms with Crippen LogP contribution in [-0.4, -0.2) is 15.9 Å². The first kappa shape index (κ1) is 20.4. The number of amides is 1. The van der Waals surface area contributed by atoms with E-state index in [9.17, 15) is 18.0 Å². The lowest BCUT2D eigenvalue weighted by Gasteiger charge is -2.19. The van der Waals surface area contributed by atoms with Gasteiger partial charge in [0.05, 0.1) is 5.56 Å². The van der Waals surface area contributed by atoms with E-state index in [1.165, 1.54) is 24.5 Å². The van der Waals surface area contributed by atoms with Crippen LogP contribution in [0.5, 0.6) is 11.6 Å². The minimum absolute atomic E-state index is 0.0779. The van der Waals surface area contributed by atoms with Crippen LogP contribution in [0.3, 0.4) is 0 Å². The van der Waals surface area contributed by atoms with Gasteiger partial charge in [-0.25, -0.2) is 9.97 Å². The summed E-state index contributed by atoms with van der Waals surface area (Å²) in [6.45, 7) is 0. The molecule has 1 aliphatic rings. The standard InChI is InChI=1S/C22H17F3N4O2/c23-22(24,25)14-4-2-5-15(10-14)29-21(30)18-6-1-3-13-9-16(7-8-17(13)18)31-20-11-19(26)27-12-28-20/h2,4-12H,1,3H2,(H,29,30)(H2,26,27,28). The second-order valence-electron chi connectivity index (χ2n) is 6.89. The molecule has 1 amide bonds. The summed E-state index contributed by atoms with van der Waals surface area (Å²) in [5, 5.41) is 2.56. The number of allylic oxidation sites excluding steroid dienone is 1. The van der Waals surface area contributed by atoms with Crippen LogP contribution in [0.25, 0.3) is 5.57 Å². The summed E-state index contributed by atoms with van der Waals surface area (Å²) in [4.78, 5) is 20.6. The van der Waals surface area contributed by atoms with Crippen LogP contribution in [-0.2, 0) is 17.4 Å². The summed E-state index contributed by atoms with van der Waals surface area (Å²) in [6, 6.07) is 11.3. The molecular weight excluding hydrogens is 409 g/mol. The number of ether oxygens (including phenoxy) is 1. The average Bonchev–Trinajstić information content (AvgIpc) is 2.73. The van der Waals surface area contributed by atoms with Gasteiger partial charge in [0, 0.05) is 17.3 Å². The summed E-state index contributed by atoms with van der Waals surface area (Å²) >= 11 is 0. The number of carbonyl (C=O) groups excluding carboxylic acids is 1. The Balaban J connectivity index is 1.54. The summed E-state index contributed by atoms with van der Waals surface area (Å²) in [7, 11) is 0. The average molecular weight is 426 g/mol. The van der Waals surface area contributed by atoms with Gasteiger partial charge in [-0.2, -0.15) is 13.2 Å². The maximum atomic E-state index is 12.9. The van der Waals surface area contributed by atoms with Gasteiger partial charge in [-0.15, -0.1) is 0 Å². The van der Waals surface area contributed by atoms with E-state index in [4.69, 9.17) is 10.5 Å². The molecule has 0 radical (unpaired) electrons. The van der Waals surface area contributed by atoms with Gasteiger partial charge < -0.3 is 15.8 Å². The van der Waals surface area contributed by atoms with Crippen LogP contribution in [0, 0.1) is 0 Å². The highest BCUT2D eigenvalue weighted by molar-refractivity contribution is 6.25. The molecule has 3 N–H and O–H groups in total. The zero-order valence-corrected chi connectivity index (χ0v) is 16.1. The molecule has 0 unspecified atom stereocenters. The van der Waals surface area contributed by atoms with Gasteiger partial charge in [0.2, 0.25) is 5.88 Å². The lowest BCUT2D eigenvalue weighted by molar-refractivity contribution is -0.137. The Kier molecular flexibility index (Phi) is 5.33. The van der Waals surface area contributed by atoms with Crippen molar-refractivity contribution < 1.29 is 22.7 Å². The fourth-order valence-corrected chi connectivity index (χ4v) is 3.30. The lowest BCUT2D eigenvalue weighted by atomic mass is 9.90. The highest BCUT2D eigenvalue weighted by Crippen LogP contribution is 2.33. The zero-order valence-electron chi connectivity index (χ0n) is 16.1. The van der Waals surface area contributed by atoms with Crippen molar-refractivity contribution in [1.29, 1.82) is 0 Å². The molecule has 1 aromatic heterocycles. The van der Waals surface area contributed by atoms with Crippen LogP contribution in [0.15, 0.2) is 60.9 Å². The molecule has 3 aromatic rings. The van der Waals surface area contributed by atoms with E-state index in [0.717, 1.165) is 17.7 Å². The number of halogens is 3. The first-order valence-corrected chi connectivity index (χ1v) is 9.37. The summed E-state index contributed by atoms with van der Waals surface area (Å²) in [5.74, 6) is 0.620. The fraction of sp³-hybridized carbons (Fsp3) is 0.136. The van der Waals surface area contributed by atoms with Crippen molar-refractivity contribution in [2.75, 3.05) is 11.1 Å². The number of nitrogen functional groups attached to an aromatic ring is 1. The molecule has 0 atom stereocenters. The maximum Gasteiger partial charge on any atom is 0.416 e. The van der Waals surface area contributed by atoms with Crippen molar-refractivity contribution in [1.82, 2.24) is 9.97 Å². The van der Waals surface area contributed by atoms with Crippen molar-refractivity contribution in [2.45, 2.75) is 19.0 Å². The molecule has 0 saturated carbocycles. The number of hydrogen-bond donors (Lipinski definition) is 2. The van der Waals surface area contributed by atoms with Crippen molar-refractivity contribution in [3.63, 3.8) is 0 Å². The number of alkyl halides is 3. The Bertz CT molecular complexity index is 1180.